The topological polar surface area (TPSA) is 98.7 Å². The van der Waals surface area contributed by atoms with Crippen LogP contribution in [0, 0.1) is 5.92 Å². The minimum absolute atomic E-state index is 0.0264. The van der Waals surface area contributed by atoms with E-state index in [9.17, 15) is 14.4 Å². The van der Waals surface area contributed by atoms with Crippen molar-refractivity contribution < 1.29 is 19.5 Å². The highest BCUT2D eigenvalue weighted by Crippen LogP contribution is 2.13. The Morgan fingerprint density at radius 2 is 1.95 bits per heavy atom. The summed E-state index contributed by atoms with van der Waals surface area (Å²) in [5.41, 5.74) is 0.514. The maximum atomic E-state index is 12.0. The number of amides is 3. The van der Waals surface area contributed by atoms with Gasteiger partial charge in [-0.3, -0.25) is 14.4 Å². The van der Waals surface area contributed by atoms with E-state index < -0.39 is 0 Å². The lowest BCUT2D eigenvalue weighted by molar-refractivity contribution is -0.132. The molecule has 0 radical (unpaired) electrons. The molecule has 0 spiro atoms. The van der Waals surface area contributed by atoms with Crippen molar-refractivity contribution in [1.82, 2.24) is 15.5 Å². The standard InChI is InChI=1S/C15H27N3O4/c1-11(2)13(18(4)14(21)9-16-10-20)8-12(3)15(22)17-6-5-7-19/h8,10-11,13,19H,5-7,9H2,1-4H3,(H,16,20)(H,17,22)/b12-8+. The predicted molar refractivity (Wildman–Crippen MR) is 83.9 cm³/mol. The van der Waals surface area contributed by atoms with Gasteiger partial charge in [0, 0.05) is 25.8 Å². The van der Waals surface area contributed by atoms with Gasteiger partial charge >= 0.3 is 0 Å². The van der Waals surface area contributed by atoms with E-state index in [0.717, 1.165) is 0 Å². The fraction of sp³-hybridized carbons (Fsp3) is 0.667. The summed E-state index contributed by atoms with van der Waals surface area (Å²) in [4.78, 5) is 35.7. The van der Waals surface area contributed by atoms with Crippen LogP contribution in [-0.4, -0.2) is 61.0 Å². The van der Waals surface area contributed by atoms with Crippen LogP contribution >= 0.6 is 0 Å². The van der Waals surface area contributed by atoms with Crippen molar-refractivity contribution in [2.75, 3.05) is 26.7 Å². The zero-order valence-electron chi connectivity index (χ0n) is 13.8. The molecule has 7 nitrogen and oxygen atoms in total. The average Bonchev–Trinajstić information content (AvgIpc) is 2.48. The van der Waals surface area contributed by atoms with Crippen molar-refractivity contribution in [2.24, 2.45) is 5.92 Å². The highest BCUT2D eigenvalue weighted by molar-refractivity contribution is 5.93. The SMILES string of the molecule is C/C(=C\C(C(C)C)N(C)C(=O)CNC=O)C(=O)NCCCO. The van der Waals surface area contributed by atoms with Crippen molar-refractivity contribution in [3.63, 3.8) is 0 Å². The minimum atomic E-state index is -0.246. The molecule has 0 saturated heterocycles. The molecule has 126 valence electrons. The number of carbonyl (C=O) groups excluding carboxylic acids is 3. The van der Waals surface area contributed by atoms with E-state index in [1.54, 1.807) is 20.0 Å². The Labute approximate surface area is 131 Å². The summed E-state index contributed by atoms with van der Waals surface area (Å²) in [5, 5.41) is 13.7. The average molecular weight is 313 g/mol. The molecule has 3 N–H and O–H groups in total. The summed E-state index contributed by atoms with van der Waals surface area (Å²) in [5.74, 6) is -0.327. The fourth-order valence-corrected chi connectivity index (χ4v) is 1.92. The Hall–Kier alpha value is -1.89. The van der Waals surface area contributed by atoms with Crippen LogP contribution in [0.5, 0.6) is 0 Å². The van der Waals surface area contributed by atoms with Crippen LogP contribution in [0.1, 0.15) is 27.2 Å². The Kier molecular flexibility index (Phi) is 9.86. The van der Waals surface area contributed by atoms with Gasteiger partial charge in [-0.05, 0) is 19.3 Å². The van der Waals surface area contributed by atoms with Crippen LogP contribution in [0.3, 0.4) is 0 Å². The van der Waals surface area contributed by atoms with E-state index >= 15 is 0 Å². The molecular weight excluding hydrogens is 286 g/mol. The molecule has 1 atom stereocenters. The first-order valence-electron chi connectivity index (χ1n) is 7.35. The second-order valence-corrected chi connectivity index (χ2v) is 5.42. The maximum Gasteiger partial charge on any atom is 0.246 e. The Bertz CT molecular complexity index is 408. The van der Waals surface area contributed by atoms with Gasteiger partial charge < -0.3 is 20.6 Å². The minimum Gasteiger partial charge on any atom is -0.396 e. The third-order valence-corrected chi connectivity index (χ3v) is 3.26. The quantitative estimate of drug-likeness (QED) is 0.292. The lowest BCUT2D eigenvalue weighted by atomic mass is 10.00. The summed E-state index contributed by atoms with van der Waals surface area (Å²) in [6, 6.07) is -0.246. The van der Waals surface area contributed by atoms with Gasteiger partial charge in [0.1, 0.15) is 0 Å². The first-order valence-corrected chi connectivity index (χ1v) is 7.35. The molecule has 0 rings (SSSR count). The van der Waals surface area contributed by atoms with Crippen LogP contribution in [0.2, 0.25) is 0 Å². The monoisotopic (exact) mass is 313 g/mol. The predicted octanol–water partition coefficient (Wildman–Crippen LogP) is -0.340. The lowest BCUT2D eigenvalue weighted by Crippen LogP contribution is -2.43. The highest BCUT2D eigenvalue weighted by Gasteiger charge is 2.21. The van der Waals surface area contributed by atoms with Gasteiger partial charge in [-0.25, -0.2) is 0 Å². The molecular formula is C15H27N3O4. The second-order valence-electron chi connectivity index (χ2n) is 5.42. The van der Waals surface area contributed by atoms with Gasteiger partial charge in [0.25, 0.3) is 0 Å². The van der Waals surface area contributed by atoms with Crippen LogP contribution < -0.4 is 10.6 Å². The van der Waals surface area contributed by atoms with E-state index in [1.807, 2.05) is 13.8 Å². The largest absolute Gasteiger partial charge is 0.396 e. The van der Waals surface area contributed by atoms with Crippen LogP contribution in [-0.2, 0) is 14.4 Å². The molecule has 22 heavy (non-hydrogen) atoms. The van der Waals surface area contributed by atoms with Crippen molar-refractivity contribution in [1.29, 1.82) is 0 Å². The number of hydrogen-bond donors (Lipinski definition) is 3. The van der Waals surface area contributed by atoms with Gasteiger partial charge in [-0.15, -0.1) is 0 Å². The number of carbonyl (C=O) groups is 3. The first kappa shape index (κ1) is 20.1. The molecule has 0 aromatic carbocycles. The smallest absolute Gasteiger partial charge is 0.246 e. The van der Waals surface area contributed by atoms with Gasteiger partial charge in [0.05, 0.1) is 12.6 Å². The van der Waals surface area contributed by atoms with Gasteiger partial charge in [-0.1, -0.05) is 19.9 Å². The van der Waals surface area contributed by atoms with E-state index in [4.69, 9.17) is 5.11 Å². The molecule has 0 saturated carbocycles. The van der Waals surface area contributed by atoms with Crippen molar-refractivity contribution in [3.8, 4) is 0 Å². The zero-order chi connectivity index (χ0) is 17.1. The summed E-state index contributed by atoms with van der Waals surface area (Å²) in [7, 11) is 1.65. The summed E-state index contributed by atoms with van der Waals surface area (Å²) < 4.78 is 0. The molecule has 0 aliphatic rings. The van der Waals surface area contributed by atoms with Crippen LogP contribution in [0.15, 0.2) is 11.6 Å². The molecule has 0 fully saturated rings. The number of nitrogens with one attached hydrogen (secondary N) is 2. The third kappa shape index (κ3) is 7.21. The lowest BCUT2D eigenvalue weighted by Gasteiger charge is -2.29. The summed E-state index contributed by atoms with van der Waals surface area (Å²) >= 11 is 0. The molecule has 0 aromatic heterocycles. The Morgan fingerprint density at radius 3 is 2.45 bits per heavy atom. The first-order chi connectivity index (χ1) is 10.3. The third-order valence-electron chi connectivity index (χ3n) is 3.26. The molecule has 0 bridgehead atoms. The summed E-state index contributed by atoms with van der Waals surface area (Å²) in [6.45, 7) is 5.96. The van der Waals surface area contributed by atoms with E-state index in [0.29, 0.717) is 24.9 Å². The van der Waals surface area contributed by atoms with E-state index in [1.165, 1.54) is 4.90 Å². The number of hydrogen-bond acceptors (Lipinski definition) is 4. The summed E-state index contributed by atoms with van der Waals surface area (Å²) in [6.07, 6.45) is 2.73. The molecule has 7 heteroatoms. The van der Waals surface area contributed by atoms with Gasteiger partial charge in [0.15, 0.2) is 0 Å². The number of aliphatic hydroxyl groups is 1. The number of nitrogens with zero attached hydrogens (tertiary/aromatic N) is 1. The molecule has 0 aliphatic carbocycles. The number of rotatable bonds is 10. The van der Waals surface area contributed by atoms with E-state index in [-0.39, 0.29) is 36.9 Å². The van der Waals surface area contributed by atoms with Crippen molar-refractivity contribution in [2.45, 2.75) is 33.2 Å². The van der Waals surface area contributed by atoms with Crippen molar-refractivity contribution >= 4 is 18.2 Å². The number of aliphatic hydroxyl groups excluding tert-OH is 1. The highest BCUT2D eigenvalue weighted by atomic mass is 16.3. The van der Waals surface area contributed by atoms with Gasteiger partial charge in [0.2, 0.25) is 18.2 Å². The fourth-order valence-electron chi connectivity index (χ4n) is 1.92. The van der Waals surface area contributed by atoms with Crippen molar-refractivity contribution in [3.05, 3.63) is 11.6 Å². The second kappa shape index (κ2) is 10.8. The molecule has 0 aromatic rings. The Morgan fingerprint density at radius 1 is 1.32 bits per heavy atom. The maximum absolute atomic E-state index is 12.0. The number of likely N-dealkylation sites (N-methyl/N-ethyl adjacent to an activating group) is 1. The van der Waals surface area contributed by atoms with Crippen LogP contribution in [0.25, 0.3) is 0 Å². The normalized spacial score (nSPS) is 12.7. The zero-order valence-corrected chi connectivity index (χ0v) is 13.8. The van der Waals surface area contributed by atoms with E-state index in [2.05, 4.69) is 10.6 Å². The molecule has 0 aliphatic heterocycles. The molecule has 3 amide bonds. The Balaban J connectivity index is 4.86. The molecule has 1 unspecified atom stereocenters. The molecule has 0 heterocycles. The van der Waals surface area contributed by atoms with Gasteiger partial charge in [-0.2, -0.15) is 0 Å². The van der Waals surface area contributed by atoms with Crippen LogP contribution in [0.4, 0.5) is 0 Å².